The van der Waals surface area contributed by atoms with E-state index in [4.69, 9.17) is 5.73 Å². The molecule has 0 bridgehead atoms. The summed E-state index contributed by atoms with van der Waals surface area (Å²) in [6.45, 7) is 7.66. The molecule has 88 valence electrons. The van der Waals surface area contributed by atoms with Crippen molar-refractivity contribution in [3.05, 3.63) is 35.4 Å². The molecule has 0 saturated heterocycles. The molecule has 1 heteroatoms. The van der Waals surface area contributed by atoms with Crippen molar-refractivity contribution in [2.24, 2.45) is 11.1 Å². The molecule has 16 heavy (non-hydrogen) atoms. The van der Waals surface area contributed by atoms with Crippen molar-refractivity contribution in [1.29, 1.82) is 0 Å². The third kappa shape index (κ3) is 2.01. The van der Waals surface area contributed by atoms with E-state index >= 15 is 0 Å². The standard InChI is InChI=1S/C15H23N/c1-12-5-4-6-13(9-12)15(11-16)8-7-14(2,3)10-15/h4-6,9H,7-8,10-11,16H2,1-3H3. The Labute approximate surface area is 99.0 Å². The summed E-state index contributed by atoms with van der Waals surface area (Å²) in [4.78, 5) is 0. The van der Waals surface area contributed by atoms with E-state index in [-0.39, 0.29) is 5.41 Å². The van der Waals surface area contributed by atoms with Gasteiger partial charge in [-0.05, 0) is 37.2 Å². The zero-order chi connectivity index (χ0) is 11.8. The van der Waals surface area contributed by atoms with Crippen LogP contribution in [0.3, 0.4) is 0 Å². The van der Waals surface area contributed by atoms with Gasteiger partial charge in [0.1, 0.15) is 0 Å². The third-order valence-corrected chi connectivity index (χ3v) is 4.12. The fourth-order valence-corrected chi connectivity index (χ4v) is 3.18. The molecule has 1 aromatic rings. The van der Waals surface area contributed by atoms with E-state index in [2.05, 4.69) is 45.0 Å². The molecule has 1 aliphatic carbocycles. The van der Waals surface area contributed by atoms with Gasteiger partial charge in [0.15, 0.2) is 0 Å². The second kappa shape index (κ2) is 3.89. The number of rotatable bonds is 2. The molecule has 0 aromatic heterocycles. The van der Waals surface area contributed by atoms with Gasteiger partial charge in [0.2, 0.25) is 0 Å². The van der Waals surface area contributed by atoms with Crippen LogP contribution in [0.1, 0.15) is 44.2 Å². The SMILES string of the molecule is Cc1cccc(C2(CN)CCC(C)(C)C2)c1. The summed E-state index contributed by atoms with van der Waals surface area (Å²) in [5.41, 5.74) is 9.54. The summed E-state index contributed by atoms with van der Waals surface area (Å²) >= 11 is 0. The van der Waals surface area contributed by atoms with Crippen LogP contribution in [0, 0.1) is 12.3 Å². The van der Waals surface area contributed by atoms with Gasteiger partial charge in [-0.25, -0.2) is 0 Å². The largest absolute Gasteiger partial charge is 0.330 e. The predicted octanol–water partition coefficient (Wildman–Crippen LogP) is 3.40. The molecular formula is C15H23N. The van der Waals surface area contributed by atoms with E-state index in [0.29, 0.717) is 5.41 Å². The molecule has 0 radical (unpaired) electrons. The van der Waals surface area contributed by atoms with Gasteiger partial charge >= 0.3 is 0 Å². The minimum Gasteiger partial charge on any atom is -0.330 e. The molecule has 1 aromatic carbocycles. The zero-order valence-electron chi connectivity index (χ0n) is 10.7. The normalized spacial score (nSPS) is 28.2. The molecule has 1 unspecified atom stereocenters. The van der Waals surface area contributed by atoms with Gasteiger partial charge in [-0.2, -0.15) is 0 Å². The monoisotopic (exact) mass is 217 g/mol. The van der Waals surface area contributed by atoms with Gasteiger partial charge in [0.25, 0.3) is 0 Å². The first-order chi connectivity index (χ1) is 7.47. The Morgan fingerprint density at radius 3 is 2.50 bits per heavy atom. The van der Waals surface area contributed by atoms with Crippen LogP contribution < -0.4 is 5.73 Å². The molecule has 0 heterocycles. The Balaban J connectivity index is 2.36. The number of hydrogen-bond acceptors (Lipinski definition) is 1. The molecule has 1 fully saturated rings. The van der Waals surface area contributed by atoms with Crippen molar-refractivity contribution in [2.45, 2.75) is 45.4 Å². The first-order valence-electron chi connectivity index (χ1n) is 6.25. The lowest BCUT2D eigenvalue weighted by Gasteiger charge is -2.30. The fourth-order valence-electron chi connectivity index (χ4n) is 3.18. The number of nitrogens with two attached hydrogens (primary N) is 1. The Morgan fingerprint density at radius 1 is 1.25 bits per heavy atom. The average Bonchev–Trinajstić information content (AvgIpc) is 2.56. The maximum Gasteiger partial charge on any atom is 0.00809 e. The Hall–Kier alpha value is -0.820. The van der Waals surface area contributed by atoms with E-state index in [9.17, 15) is 0 Å². The molecule has 1 saturated carbocycles. The fraction of sp³-hybridized carbons (Fsp3) is 0.600. The van der Waals surface area contributed by atoms with Gasteiger partial charge in [-0.15, -0.1) is 0 Å². The first kappa shape index (κ1) is 11.7. The number of hydrogen-bond donors (Lipinski definition) is 1. The lowest BCUT2D eigenvalue weighted by molar-refractivity contribution is 0.338. The summed E-state index contributed by atoms with van der Waals surface area (Å²) in [6, 6.07) is 8.89. The minimum atomic E-state index is 0.232. The molecule has 1 atom stereocenters. The summed E-state index contributed by atoms with van der Waals surface area (Å²) in [5, 5.41) is 0. The lowest BCUT2D eigenvalue weighted by Crippen LogP contribution is -2.33. The maximum absolute atomic E-state index is 6.07. The van der Waals surface area contributed by atoms with Crippen molar-refractivity contribution >= 4 is 0 Å². The van der Waals surface area contributed by atoms with Crippen LogP contribution in [0.2, 0.25) is 0 Å². The summed E-state index contributed by atoms with van der Waals surface area (Å²) in [7, 11) is 0. The average molecular weight is 217 g/mol. The van der Waals surface area contributed by atoms with Gasteiger partial charge in [0.05, 0.1) is 0 Å². The topological polar surface area (TPSA) is 26.0 Å². The molecule has 0 spiro atoms. The van der Waals surface area contributed by atoms with Crippen LogP contribution in [-0.4, -0.2) is 6.54 Å². The van der Waals surface area contributed by atoms with Gasteiger partial charge in [0, 0.05) is 12.0 Å². The second-order valence-corrected chi connectivity index (χ2v) is 6.19. The predicted molar refractivity (Wildman–Crippen MR) is 69.5 cm³/mol. The van der Waals surface area contributed by atoms with Crippen molar-refractivity contribution in [1.82, 2.24) is 0 Å². The molecule has 0 aliphatic heterocycles. The summed E-state index contributed by atoms with van der Waals surface area (Å²) in [5.74, 6) is 0. The Bertz CT molecular complexity index is 381. The van der Waals surface area contributed by atoms with Crippen LogP contribution in [0.5, 0.6) is 0 Å². The lowest BCUT2D eigenvalue weighted by atomic mass is 9.76. The van der Waals surface area contributed by atoms with E-state index in [1.54, 1.807) is 0 Å². The van der Waals surface area contributed by atoms with Crippen molar-refractivity contribution in [3.63, 3.8) is 0 Å². The van der Waals surface area contributed by atoms with Crippen LogP contribution in [0.4, 0.5) is 0 Å². The quantitative estimate of drug-likeness (QED) is 0.807. The number of aryl methyl sites for hydroxylation is 1. The smallest absolute Gasteiger partial charge is 0.00809 e. The van der Waals surface area contributed by atoms with Gasteiger partial charge in [-0.3, -0.25) is 0 Å². The highest BCUT2D eigenvalue weighted by atomic mass is 14.6. The highest BCUT2D eigenvalue weighted by Gasteiger charge is 2.43. The van der Waals surface area contributed by atoms with E-state index in [1.807, 2.05) is 0 Å². The molecule has 2 rings (SSSR count). The highest BCUT2D eigenvalue weighted by Crippen LogP contribution is 2.50. The van der Waals surface area contributed by atoms with E-state index in [1.165, 1.54) is 30.4 Å². The van der Waals surface area contributed by atoms with Crippen molar-refractivity contribution in [3.8, 4) is 0 Å². The molecule has 1 aliphatic rings. The van der Waals surface area contributed by atoms with Crippen molar-refractivity contribution < 1.29 is 0 Å². The third-order valence-electron chi connectivity index (χ3n) is 4.12. The minimum absolute atomic E-state index is 0.232. The molecule has 2 N–H and O–H groups in total. The molecular weight excluding hydrogens is 194 g/mol. The Morgan fingerprint density at radius 2 is 2.00 bits per heavy atom. The van der Waals surface area contributed by atoms with Gasteiger partial charge in [-0.1, -0.05) is 43.7 Å². The first-order valence-corrected chi connectivity index (χ1v) is 6.25. The van der Waals surface area contributed by atoms with Crippen LogP contribution >= 0.6 is 0 Å². The molecule has 0 amide bonds. The van der Waals surface area contributed by atoms with E-state index in [0.717, 1.165) is 6.54 Å². The van der Waals surface area contributed by atoms with Crippen molar-refractivity contribution in [2.75, 3.05) is 6.54 Å². The van der Waals surface area contributed by atoms with Crippen LogP contribution in [0.15, 0.2) is 24.3 Å². The Kier molecular flexibility index (Phi) is 2.83. The zero-order valence-corrected chi connectivity index (χ0v) is 10.7. The van der Waals surface area contributed by atoms with Crippen LogP contribution in [-0.2, 0) is 5.41 Å². The highest BCUT2D eigenvalue weighted by molar-refractivity contribution is 5.32. The summed E-state index contributed by atoms with van der Waals surface area (Å²) in [6.07, 6.45) is 3.75. The molecule has 1 nitrogen and oxygen atoms in total. The summed E-state index contributed by atoms with van der Waals surface area (Å²) < 4.78 is 0. The number of benzene rings is 1. The van der Waals surface area contributed by atoms with Gasteiger partial charge < -0.3 is 5.73 Å². The van der Waals surface area contributed by atoms with E-state index < -0.39 is 0 Å². The maximum atomic E-state index is 6.07. The second-order valence-electron chi connectivity index (χ2n) is 6.19. The van der Waals surface area contributed by atoms with Crippen LogP contribution in [0.25, 0.3) is 0 Å².